The van der Waals surface area contributed by atoms with Crippen molar-refractivity contribution < 1.29 is 19.1 Å². The lowest BCUT2D eigenvalue weighted by atomic mass is 10.2. The third-order valence-electron chi connectivity index (χ3n) is 2.62. The molecule has 0 fully saturated rings. The predicted octanol–water partition coefficient (Wildman–Crippen LogP) is 2.59. The van der Waals surface area contributed by atoms with E-state index in [0.29, 0.717) is 5.69 Å². The van der Waals surface area contributed by atoms with E-state index in [1.807, 2.05) is 13.8 Å². The molecule has 1 unspecified atom stereocenters. The number of nitrogens with one attached hydrogen (secondary N) is 2. The molecule has 0 bridgehead atoms. The zero-order valence-electron chi connectivity index (χ0n) is 16.7. The molecule has 26 heavy (non-hydrogen) atoms. The highest BCUT2D eigenvalue weighted by Crippen LogP contribution is 2.11. The summed E-state index contributed by atoms with van der Waals surface area (Å²) in [7, 11) is 0. The molecule has 1 rings (SSSR count). The zero-order valence-corrected chi connectivity index (χ0v) is 16.7. The lowest BCUT2D eigenvalue weighted by Gasteiger charge is -2.13. The molecule has 7 nitrogen and oxygen atoms in total. The normalized spacial score (nSPS) is 10.1. The van der Waals surface area contributed by atoms with Crippen molar-refractivity contribution in [2.45, 2.75) is 60.6 Å². The van der Waals surface area contributed by atoms with E-state index in [2.05, 4.69) is 24.5 Å². The number of nitrogens with two attached hydrogens (primary N) is 1. The van der Waals surface area contributed by atoms with E-state index in [-0.39, 0.29) is 25.0 Å². The highest BCUT2D eigenvalue weighted by molar-refractivity contribution is 5.97. The van der Waals surface area contributed by atoms with Gasteiger partial charge in [-0.3, -0.25) is 14.4 Å². The molecule has 7 heteroatoms. The molecule has 0 heterocycles. The Balaban J connectivity index is 0. The summed E-state index contributed by atoms with van der Waals surface area (Å²) in [4.78, 5) is 33.6. The van der Waals surface area contributed by atoms with Crippen molar-refractivity contribution in [1.29, 1.82) is 0 Å². The average molecular weight is 367 g/mol. The Kier molecular flexibility index (Phi) is 16.0. The second-order valence-electron chi connectivity index (χ2n) is 5.17. The van der Waals surface area contributed by atoms with E-state index >= 15 is 0 Å². The van der Waals surface area contributed by atoms with E-state index in [4.69, 9.17) is 10.5 Å². The largest absolute Gasteiger partial charge is 0.461 e. The first-order valence-corrected chi connectivity index (χ1v) is 8.86. The number of anilines is 1. The van der Waals surface area contributed by atoms with Crippen LogP contribution in [-0.2, 0) is 25.7 Å². The van der Waals surface area contributed by atoms with Gasteiger partial charge in [0, 0.05) is 12.6 Å². The molecule has 1 atom stereocenters. The minimum absolute atomic E-state index is 0.164. The SMILES string of the molecule is CC.CC(=O)OCc1ccc(NC(=O)C(C)NC(=O)CN)cc1.CCC. The van der Waals surface area contributed by atoms with Gasteiger partial charge in [-0.05, 0) is 24.6 Å². The van der Waals surface area contributed by atoms with Crippen LogP contribution < -0.4 is 16.4 Å². The first kappa shape index (κ1) is 25.8. The number of rotatable bonds is 6. The summed E-state index contributed by atoms with van der Waals surface area (Å²) in [5.74, 6) is -1.09. The van der Waals surface area contributed by atoms with Gasteiger partial charge in [0.05, 0.1) is 6.54 Å². The van der Waals surface area contributed by atoms with Crippen molar-refractivity contribution in [2.24, 2.45) is 5.73 Å². The summed E-state index contributed by atoms with van der Waals surface area (Å²) in [5.41, 5.74) is 6.56. The first-order chi connectivity index (χ1) is 12.3. The van der Waals surface area contributed by atoms with Gasteiger partial charge in [0.2, 0.25) is 11.8 Å². The highest BCUT2D eigenvalue weighted by Gasteiger charge is 2.14. The van der Waals surface area contributed by atoms with Crippen molar-refractivity contribution in [3.63, 3.8) is 0 Å². The molecule has 0 aliphatic heterocycles. The van der Waals surface area contributed by atoms with Crippen LogP contribution in [0.2, 0.25) is 0 Å². The maximum absolute atomic E-state index is 11.8. The van der Waals surface area contributed by atoms with Gasteiger partial charge >= 0.3 is 5.97 Å². The molecule has 0 aromatic heterocycles. The van der Waals surface area contributed by atoms with Crippen LogP contribution in [0.15, 0.2) is 24.3 Å². The Morgan fingerprint density at radius 3 is 2.04 bits per heavy atom. The molecule has 0 spiro atoms. The van der Waals surface area contributed by atoms with Crippen molar-refractivity contribution in [1.82, 2.24) is 5.32 Å². The fourth-order valence-corrected chi connectivity index (χ4v) is 1.49. The van der Waals surface area contributed by atoms with Gasteiger partial charge in [0.1, 0.15) is 12.6 Å². The smallest absolute Gasteiger partial charge is 0.302 e. The van der Waals surface area contributed by atoms with E-state index in [9.17, 15) is 14.4 Å². The van der Waals surface area contributed by atoms with Gasteiger partial charge in [0.15, 0.2) is 0 Å². The van der Waals surface area contributed by atoms with E-state index in [1.165, 1.54) is 13.3 Å². The second-order valence-corrected chi connectivity index (χ2v) is 5.17. The van der Waals surface area contributed by atoms with Gasteiger partial charge in [-0.25, -0.2) is 0 Å². The maximum atomic E-state index is 11.8. The molecule has 4 N–H and O–H groups in total. The van der Waals surface area contributed by atoms with E-state index in [1.54, 1.807) is 31.2 Å². The number of benzene rings is 1. The quantitative estimate of drug-likeness (QED) is 0.669. The minimum Gasteiger partial charge on any atom is -0.461 e. The molecule has 1 aromatic carbocycles. The van der Waals surface area contributed by atoms with Gasteiger partial charge in [0.25, 0.3) is 0 Å². The monoisotopic (exact) mass is 367 g/mol. The first-order valence-electron chi connectivity index (χ1n) is 8.86. The topological polar surface area (TPSA) is 111 Å². The summed E-state index contributed by atoms with van der Waals surface area (Å²) < 4.78 is 4.86. The Morgan fingerprint density at radius 2 is 1.62 bits per heavy atom. The number of carbonyl (C=O) groups is 3. The Labute approximate surface area is 156 Å². The molecule has 0 saturated heterocycles. The number of esters is 1. The molecule has 0 aliphatic carbocycles. The number of amides is 2. The zero-order chi connectivity index (χ0) is 20.5. The number of hydrogen-bond acceptors (Lipinski definition) is 5. The van der Waals surface area contributed by atoms with Crippen molar-refractivity contribution in [3.05, 3.63) is 29.8 Å². The van der Waals surface area contributed by atoms with Crippen molar-refractivity contribution in [2.75, 3.05) is 11.9 Å². The standard InChI is InChI=1S/C14H19N3O4.C3H8.C2H6/c1-9(16-13(19)7-15)14(20)17-12-5-3-11(4-6-12)8-21-10(2)18;1-3-2;1-2/h3-6,9H,7-8,15H2,1-2H3,(H,16,19)(H,17,20);3H2,1-2H3;1-2H3. The van der Waals surface area contributed by atoms with Crippen LogP contribution in [0.1, 0.15) is 53.5 Å². The van der Waals surface area contributed by atoms with Gasteiger partial charge in [-0.2, -0.15) is 0 Å². The Morgan fingerprint density at radius 1 is 1.12 bits per heavy atom. The van der Waals surface area contributed by atoms with E-state index < -0.39 is 11.9 Å². The van der Waals surface area contributed by atoms with Crippen LogP contribution in [0.5, 0.6) is 0 Å². The van der Waals surface area contributed by atoms with Crippen LogP contribution in [0.25, 0.3) is 0 Å². The maximum Gasteiger partial charge on any atom is 0.302 e. The van der Waals surface area contributed by atoms with Crippen LogP contribution in [0.3, 0.4) is 0 Å². The summed E-state index contributed by atoms with van der Waals surface area (Å²) in [6.07, 6.45) is 1.25. The molecule has 0 aliphatic rings. The second kappa shape index (κ2) is 16.1. The van der Waals surface area contributed by atoms with Crippen LogP contribution in [0, 0.1) is 0 Å². The molecule has 1 aromatic rings. The molecule has 0 radical (unpaired) electrons. The average Bonchev–Trinajstić information content (AvgIpc) is 2.63. The summed E-state index contributed by atoms with van der Waals surface area (Å²) in [5, 5.41) is 5.12. The Hall–Kier alpha value is -2.41. The highest BCUT2D eigenvalue weighted by atomic mass is 16.5. The Bertz CT molecular complexity index is 530. The summed E-state index contributed by atoms with van der Waals surface area (Å²) in [6.45, 7) is 11.2. The molecule has 0 saturated carbocycles. The fourth-order valence-electron chi connectivity index (χ4n) is 1.49. The molecule has 148 valence electrons. The van der Waals surface area contributed by atoms with Gasteiger partial charge < -0.3 is 21.1 Å². The molecular weight excluding hydrogens is 334 g/mol. The summed E-state index contributed by atoms with van der Waals surface area (Å²) in [6, 6.07) is 6.17. The number of carbonyl (C=O) groups excluding carboxylic acids is 3. The van der Waals surface area contributed by atoms with Crippen LogP contribution in [0.4, 0.5) is 5.69 Å². The number of ether oxygens (including phenoxy) is 1. The fraction of sp³-hybridized carbons (Fsp3) is 0.526. The van der Waals surface area contributed by atoms with Gasteiger partial charge in [-0.15, -0.1) is 0 Å². The van der Waals surface area contributed by atoms with Crippen LogP contribution >= 0.6 is 0 Å². The lowest BCUT2D eigenvalue weighted by molar-refractivity contribution is -0.142. The van der Waals surface area contributed by atoms with Crippen molar-refractivity contribution in [3.8, 4) is 0 Å². The minimum atomic E-state index is -0.679. The van der Waals surface area contributed by atoms with E-state index in [0.717, 1.165) is 5.56 Å². The lowest BCUT2D eigenvalue weighted by Crippen LogP contribution is -2.44. The third kappa shape index (κ3) is 12.9. The third-order valence-corrected chi connectivity index (χ3v) is 2.62. The predicted molar refractivity (Wildman–Crippen MR) is 105 cm³/mol. The van der Waals surface area contributed by atoms with Crippen LogP contribution in [-0.4, -0.2) is 30.4 Å². The van der Waals surface area contributed by atoms with Crippen molar-refractivity contribution >= 4 is 23.5 Å². The molecular formula is C19H33N3O4. The number of hydrogen-bond donors (Lipinski definition) is 3. The van der Waals surface area contributed by atoms with Gasteiger partial charge in [-0.1, -0.05) is 46.2 Å². The molecule has 2 amide bonds. The summed E-state index contributed by atoms with van der Waals surface area (Å²) >= 11 is 0.